The van der Waals surface area contributed by atoms with Crippen LogP contribution >= 0.6 is 0 Å². The van der Waals surface area contributed by atoms with Gasteiger partial charge in [-0.1, -0.05) is 0 Å². The molecule has 66 valence electrons. The fourth-order valence-electron chi connectivity index (χ4n) is 1.18. The summed E-state index contributed by atoms with van der Waals surface area (Å²) in [7, 11) is 0. The average Bonchev–Trinajstić information content (AvgIpc) is 2.26. The van der Waals surface area contributed by atoms with Crippen LogP contribution in [-0.2, 0) is 0 Å². The van der Waals surface area contributed by atoms with Gasteiger partial charge in [-0.15, -0.1) is 15.3 Å². The Bertz CT molecular complexity index is 503. The van der Waals surface area contributed by atoms with E-state index in [1.807, 2.05) is 0 Å². The van der Waals surface area contributed by atoms with E-state index in [2.05, 4.69) is 35.8 Å². The topological polar surface area (TPSA) is 90.2 Å². The molecule has 0 aromatic carbocycles. The number of hydrogen-bond donors (Lipinski definition) is 0. The molecular weight excluding hydrogens is 182 g/mol. The maximum Gasteiger partial charge on any atom is 0.206 e. The van der Waals surface area contributed by atoms with Crippen molar-refractivity contribution in [2.45, 2.75) is 0 Å². The first kappa shape index (κ1) is 7.13. The minimum absolute atomic E-state index is 0.424. The molecule has 0 unspecified atom stereocenters. The monoisotopic (exact) mass is 185 g/mol. The summed E-state index contributed by atoms with van der Waals surface area (Å²) >= 11 is 0. The first-order chi connectivity index (χ1) is 6.93. The van der Waals surface area contributed by atoms with E-state index < -0.39 is 0 Å². The van der Waals surface area contributed by atoms with E-state index in [1.54, 1.807) is 18.3 Å². The Morgan fingerprint density at radius 2 is 1.86 bits per heavy atom. The zero-order valence-corrected chi connectivity index (χ0v) is 6.86. The molecule has 0 N–H and O–H groups in total. The van der Waals surface area contributed by atoms with Gasteiger partial charge in [0.2, 0.25) is 5.65 Å². The van der Waals surface area contributed by atoms with Crippen LogP contribution in [0, 0.1) is 0 Å². The highest BCUT2D eigenvalue weighted by Crippen LogP contribution is 2.11. The molecule has 0 aliphatic rings. The molecular formula is C7H3N7. The normalized spacial score (nSPS) is 10.9. The third-order valence-corrected chi connectivity index (χ3v) is 1.80. The highest BCUT2D eigenvalue weighted by Gasteiger charge is 2.02. The summed E-state index contributed by atoms with van der Waals surface area (Å²) in [6.07, 6.45) is 1.60. The molecule has 0 amide bonds. The van der Waals surface area contributed by atoms with E-state index in [4.69, 9.17) is 0 Å². The predicted octanol–water partition coefficient (Wildman–Crippen LogP) is -0.242. The van der Waals surface area contributed by atoms with E-state index in [1.165, 1.54) is 0 Å². The Morgan fingerprint density at radius 1 is 0.929 bits per heavy atom. The molecule has 7 nitrogen and oxygen atoms in total. The lowest BCUT2D eigenvalue weighted by atomic mass is 10.3. The van der Waals surface area contributed by atoms with Crippen molar-refractivity contribution in [1.82, 2.24) is 35.8 Å². The zero-order valence-electron chi connectivity index (χ0n) is 6.86. The first-order valence-electron chi connectivity index (χ1n) is 3.88. The van der Waals surface area contributed by atoms with Crippen LogP contribution in [0.15, 0.2) is 18.3 Å². The average molecular weight is 185 g/mol. The molecule has 7 heteroatoms. The number of rotatable bonds is 0. The summed E-state index contributed by atoms with van der Waals surface area (Å²) in [6, 6.07) is 3.60. The smallest absolute Gasteiger partial charge is 0.203 e. The Morgan fingerprint density at radius 3 is 2.86 bits per heavy atom. The van der Waals surface area contributed by atoms with Crippen LogP contribution in [0.1, 0.15) is 0 Å². The fourth-order valence-corrected chi connectivity index (χ4v) is 1.18. The molecule has 3 rings (SSSR count). The molecule has 3 aromatic rings. The summed E-state index contributed by atoms with van der Waals surface area (Å²) in [4.78, 5) is 4.13. The van der Waals surface area contributed by atoms with Gasteiger partial charge in [0.25, 0.3) is 0 Å². The van der Waals surface area contributed by atoms with Crippen LogP contribution in [0.5, 0.6) is 0 Å². The molecule has 0 radical (unpaired) electrons. The van der Waals surface area contributed by atoms with Crippen LogP contribution in [0.4, 0.5) is 0 Å². The molecule has 0 saturated heterocycles. The molecule has 3 aromatic heterocycles. The summed E-state index contributed by atoms with van der Waals surface area (Å²) in [6.45, 7) is 0. The minimum Gasteiger partial charge on any atom is -0.203 e. The van der Waals surface area contributed by atoms with Crippen molar-refractivity contribution in [3.63, 3.8) is 0 Å². The lowest BCUT2D eigenvalue weighted by Gasteiger charge is -1.95. The molecule has 3 heterocycles. The molecule has 0 aliphatic heterocycles. The Labute approximate surface area is 77.2 Å². The second kappa shape index (κ2) is 2.59. The van der Waals surface area contributed by atoms with Crippen molar-refractivity contribution >= 4 is 22.2 Å². The second-order valence-corrected chi connectivity index (χ2v) is 2.65. The van der Waals surface area contributed by atoms with Crippen LogP contribution in [0.25, 0.3) is 22.2 Å². The van der Waals surface area contributed by atoms with Gasteiger partial charge in [0.15, 0.2) is 5.65 Å². The largest absolute Gasteiger partial charge is 0.206 e. The number of nitrogens with zero attached hydrogens (tertiary/aromatic N) is 7. The standard InChI is InChI=1S/C7H3N7/c1-2-8-11-6-4(1)3-5-7(9-6)12-14-13-10-5/h1-3H. The van der Waals surface area contributed by atoms with Crippen molar-refractivity contribution in [1.29, 1.82) is 0 Å². The van der Waals surface area contributed by atoms with Crippen molar-refractivity contribution < 1.29 is 0 Å². The van der Waals surface area contributed by atoms with E-state index >= 15 is 0 Å². The lowest BCUT2D eigenvalue weighted by molar-refractivity contribution is 0.791. The summed E-state index contributed by atoms with van der Waals surface area (Å²) < 4.78 is 0. The van der Waals surface area contributed by atoms with Crippen molar-refractivity contribution in [2.24, 2.45) is 0 Å². The van der Waals surface area contributed by atoms with E-state index in [9.17, 15) is 0 Å². The van der Waals surface area contributed by atoms with Gasteiger partial charge >= 0.3 is 0 Å². The third kappa shape index (κ3) is 0.954. The highest BCUT2D eigenvalue weighted by atomic mass is 15.4. The Kier molecular flexibility index (Phi) is 1.32. The maximum absolute atomic E-state index is 4.13. The molecule has 0 bridgehead atoms. The van der Waals surface area contributed by atoms with Crippen LogP contribution in [0.2, 0.25) is 0 Å². The van der Waals surface area contributed by atoms with Crippen LogP contribution in [0.3, 0.4) is 0 Å². The van der Waals surface area contributed by atoms with Gasteiger partial charge in [0.05, 0.1) is 6.20 Å². The molecule has 0 saturated carbocycles. The van der Waals surface area contributed by atoms with Gasteiger partial charge in [-0.2, -0.15) is 5.10 Å². The Balaban J connectivity index is 2.52. The number of pyridine rings is 1. The summed E-state index contributed by atoms with van der Waals surface area (Å²) in [5.74, 6) is 0. The van der Waals surface area contributed by atoms with Crippen LogP contribution < -0.4 is 0 Å². The van der Waals surface area contributed by atoms with Gasteiger partial charge in [0.1, 0.15) is 5.52 Å². The zero-order chi connectivity index (χ0) is 9.38. The fraction of sp³-hybridized carbons (Fsp3) is 0. The van der Waals surface area contributed by atoms with E-state index in [-0.39, 0.29) is 0 Å². The summed E-state index contributed by atoms with van der Waals surface area (Å²) in [5.41, 5.74) is 1.55. The van der Waals surface area contributed by atoms with E-state index in [0.29, 0.717) is 16.8 Å². The highest BCUT2D eigenvalue weighted by molar-refractivity contribution is 5.85. The molecule has 0 aliphatic carbocycles. The number of hydrogen-bond acceptors (Lipinski definition) is 7. The van der Waals surface area contributed by atoms with Crippen molar-refractivity contribution in [2.75, 3.05) is 0 Å². The van der Waals surface area contributed by atoms with Gasteiger partial charge in [-0.3, -0.25) is 0 Å². The Hall–Kier alpha value is -2.31. The van der Waals surface area contributed by atoms with Gasteiger partial charge in [0, 0.05) is 5.39 Å². The lowest BCUT2D eigenvalue weighted by Crippen LogP contribution is -1.96. The van der Waals surface area contributed by atoms with Gasteiger partial charge in [-0.25, -0.2) is 4.98 Å². The number of fused-ring (bicyclic) bond motifs is 2. The van der Waals surface area contributed by atoms with Crippen molar-refractivity contribution in [3.05, 3.63) is 18.3 Å². The predicted molar refractivity (Wildman–Crippen MR) is 46.0 cm³/mol. The van der Waals surface area contributed by atoms with Crippen LogP contribution in [-0.4, -0.2) is 35.8 Å². The molecule has 0 atom stereocenters. The number of aromatic nitrogens is 7. The first-order valence-corrected chi connectivity index (χ1v) is 3.88. The second-order valence-electron chi connectivity index (χ2n) is 2.65. The molecule has 0 spiro atoms. The molecule has 0 fully saturated rings. The maximum atomic E-state index is 4.13. The van der Waals surface area contributed by atoms with Gasteiger partial charge in [-0.05, 0) is 22.6 Å². The van der Waals surface area contributed by atoms with Gasteiger partial charge < -0.3 is 0 Å². The third-order valence-electron chi connectivity index (χ3n) is 1.80. The molecule has 14 heavy (non-hydrogen) atoms. The SMILES string of the molecule is c1cc2cc3nnnnc3nc2nn1. The quantitative estimate of drug-likeness (QED) is 0.446. The van der Waals surface area contributed by atoms with E-state index in [0.717, 1.165) is 5.39 Å². The minimum atomic E-state index is 0.424. The summed E-state index contributed by atoms with van der Waals surface area (Å²) in [5, 5.41) is 22.8. The van der Waals surface area contributed by atoms with Crippen molar-refractivity contribution in [3.8, 4) is 0 Å².